The van der Waals surface area contributed by atoms with Crippen LogP contribution in [0.25, 0.3) is 0 Å². The molecule has 2 bridgehead atoms. The van der Waals surface area contributed by atoms with Gasteiger partial charge in [0.05, 0.1) is 16.9 Å². The van der Waals surface area contributed by atoms with E-state index in [1.54, 1.807) is 0 Å². The summed E-state index contributed by atoms with van der Waals surface area (Å²) in [6.45, 7) is 1.86. The molecule has 1 fully saturated rings. The molecule has 2 aromatic rings. The summed E-state index contributed by atoms with van der Waals surface area (Å²) in [5.41, 5.74) is 0.946. The van der Waals surface area contributed by atoms with Crippen LogP contribution in [-0.4, -0.2) is 16.7 Å². The van der Waals surface area contributed by atoms with Crippen molar-refractivity contribution in [2.45, 2.75) is 18.7 Å². The second-order valence-electron chi connectivity index (χ2n) is 6.16. The third-order valence-electron chi connectivity index (χ3n) is 4.47. The Hall–Kier alpha value is -2.60. The van der Waals surface area contributed by atoms with Crippen LogP contribution in [0.15, 0.2) is 54.6 Å². The molecule has 2 aromatic carbocycles. The Kier molecular flexibility index (Phi) is 3.42. The predicted octanol–water partition coefficient (Wildman–Crippen LogP) is 3.20. The molecule has 2 heterocycles. The zero-order valence-electron chi connectivity index (χ0n) is 13.1. The minimum absolute atomic E-state index is 0.236. The van der Waals surface area contributed by atoms with Gasteiger partial charge in [-0.25, -0.2) is 4.79 Å². The number of urea groups is 1. The lowest BCUT2D eigenvalue weighted by atomic mass is 9.80. The number of rotatable bonds is 2. The van der Waals surface area contributed by atoms with Crippen LogP contribution >= 0.6 is 12.2 Å². The van der Waals surface area contributed by atoms with Gasteiger partial charge in [0.1, 0.15) is 5.75 Å². The fraction of sp³-hybridized carbons (Fsp3) is 0.222. The molecule has 2 aliphatic heterocycles. The van der Waals surface area contributed by atoms with Crippen LogP contribution in [0.3, 0.4) is 0 Å². The Bertz CT molecular complexity index is 811. The summed E-state index contributed by atoms with van der Waals surface area (Å²) < 4.78 is 6.13. The Balaban J connectivity index is 1.72. The summed E-state index contributed by atoms with van der Waals surface area (Å²) >= 11 is 5.67. The van der Waals surface area contributed by atoms with E-state index in [-0.39, 0.29) is 18.0 Å². The molecule has 0 unspecified atom stereocenters. The topological polar surface area (TPSA) is 62.4 Å². The molecule has 4 rings (SSSR count). The fourth-order valence-electron chi connectivity index (χ4n) is 3.43. The monoisotopic (exact) mass is 339 g/mol. The molecular formula is C18H17N3O2S. The zero-order chi connectivity index (χ0) is 16.7. The van der Waals surface area contributed by atoms with E-state index in [1.165, 1.54) is 0 Å². The molecule has 5 nitrogen and oxygen atoms in total. The number of hydrogen-bond acceptors (Lipinski definition) is 3. The van der Waals surface area contributed by atoms with Crippen molar-refractivity contribution in [2.24, 2.45) is 5.92 Å². The van der Waals surface area contributed by atoms with Crippen molar-refractivity contribution in [1.82, 2.24) is 10.6 Å². The van der Waals surface area contributed by atoms with Crippen molar-refractivity contribution in [2.75, 3.05) is 5.32 Å². The minimum Gasteiger partial charge on any atom is -0.467 e. The predicted molar refractivity (Wildman–Crippen MR) is 96.0 cm³/mol. The Morgan fingerprint density at radius 1 is 1.17 bits per heavy atom. The fourth-order valence-corrected chi connectivity index (χ4v) is 3.91. The first-order chi connectivity index (χ1) is 11.6. The molecule has 3 N–H and O–H groups in total. The second kappa shape index (κ2) is 5.49. The molecule has 24 heavy (non-hydrogen) atoms. The maximum Gasteiger partial charge on any atom is 0.318 e. The maximum atomic E-state index is 12.1. The first-order valence-electron chi connectivity index (χ1n) is 7.79. The average molecular weight is 339 g/mol. The molecule has 122 valence electrons. The van der Waals surface area contributed by atoms with Gasteiger partial charge in [-0.15, -0.1) is 0 Å². The lowest BCUT2D eigenvalue weighted by molar-refractivity contribution is -0.0157. The molecule has 0 aliphatic carbocycles. The van der Waals surface area contributed by atoms with Gasteiger partial charge in [-0.1, -0.05) is 48.6 Å². The molecule has 2 amide bonds. The number of amides is 2. The zero-order valence-corrected chi connectivity index (χ0v) is 13.9. The van der Waals surface area contributed by atoms with Gasteiger partial charge in [-0.2, -0.15) is 0 Å². The highest BCUT2D eigenvalue weighted by molar-refractivity contribution is 7.80. The maximum absolute atomic E-state index is 12.1. The van der Waals surface area contributed by atoms with Crippen LogP contribution in [0, 0.1) is 5.92 Å². The molecular weight excluding hydrogens is 322 g/mol. The van der Waals surface area contributed by atoms with Crippen molar-refractivity contribution >= 4 is 28.9 Å². The number of anilines is 1. The van der Waals surface area contributed by atoms with E-state index in [4.69, 9.17) is 17.0 Å². The summed E-state index contributed by atoms with van der Waals surface area (Å²) in [4.78, 5) is 12.7. The molecule has 6 heteroatoms. The SMILES string of the molecule is C[C@@]12NC(=O)N[C@H](c3ccccc3O1)[C@@H]2C(=S)Nc1ccccc1. The Labute approximate surface area is 145 Å². The van der Waals surface area contributed by atoms with E-state index >= 15 is 0 Å². The summed E-state index contributed by atoms with van der Waals surface area (Å²) in [5, 5.41) is 9.14. The van der Waals surface area contributed by atoms with Crippen LogP contribution in [-0.2, 0) is 0 Å². The number of carbonyl (C=O) groups is 1. The average Bonchev–Trinajstić information content (AvgIpc) is 2.54. The highest BCUT2D eigenvalue weighted by Gasteiger charge is 2.53. The third kappa shape index (κ3) is 2.39. The summed E-state index contributed by atoms with van der Waals surface area (Å²) in [6.07, 6.45) is 0. The van der Waals surface area contributed by atoms with Crippen LogP contribution < -0.4 is 20.7 Å². The van der Waals surface area contributed by atoms with E-state index < -0.39 is 5.72 Å². The lowest BCUT2D eigenvalue weighted by Gasteiger charge is -2.50. The number of thiocarbonyl (C=S) groups is 1. The lowest BCUT2D eigenvalue weighted by Crippen LogP contribution is -2.70. The molecule has 0 saturated carbocycles. The molecule has 0 aromatic heterocycles. The molecule has 1 saturated heterocycles. The van der Waals surface area contributed by atoms with Crippen LogP contribution in [0.5, 0.6) is 5.75 Å². The summed E-state index contributed by atoms with van der Waals surface area (Å²) in [7, 11) is 0. The normalized spacial score (nSPS) is 27.1. The Morgan fingerprint density at radius 2 is 1.88 bits per heavy atom. The number of para-hydroxylation sites is 2. The van der Waals surface area contributed by atoms with E-state index in [1.807, 2.05) is 61.5 Å². The quantitative estimate of drug-likeness (QED) is 0.735. The van der Waals surface area contributed by atoms with Crippen LogP contribution in [0.2, 0.25) is 0 Å². The smallest absolute Gasteiger partial charge is 0.318 e. The third-order valence-corrected chi connectivity index (χ3v) is 4.83. The number of carbonyl (C=O) groups excluding carboxylic acids is 1. The standard InChI is InChI=1S/C18H17N3O2S/c1-18-14(16(24)19-11-7-3-2-4-8-11)15(20-17(22)21-18)12-9-5-6-10-13(12)23-18/h2-10,14-15H,1H3,(H,19,24)(H2,20,21,22)/t14-,15-,18-/m1/s1. The van der Waals surface area contributed by atoms with Crippen LogP contribution in [0.4, 0.5) is 10.5 Å². The van der Waals surface area contributed by atoms with E-state index in [9.17, 15) is 4.79 Å². The first kappa shape index (κ1) is 15.0. The van der Waals surface area contributed by atoms with Crippen molar-refractivity contribution in [1.29, 1.82) is 0 Å². The molecule has 2 aliphatic rings. The second-order valence-corrected chi connectivity index (χ2v) is 6.60. The summed E-state index contributed by atoms with van der Waals surface area (Å²) in [5.74, 6) is 0.525. The van der Waals surface area contributed by atoms with Gasteiger partial charge in [0.15, 0.2) is 5.72 Å². The number of benzene rings is 2. The van der Waals surface area contributed by atoms with E-state index in [0.717, 1.165) is 17.0 Å². The Morgan fingerprint density at radius 3 is 2.67 bits per heavy atom. The van der Waals surface area contributed by atoms with Gasteiger partial charge in [-0.05, 0) is 25.1 Å². The molecule has 0 spiro atoms. The number of ether oxygens (including phenoxy) is 1. The molecule has 0 radical (unpaired) electrons. The van der Waals surface area contributed by atoms with E-state index in [0.29, 0.717) is 4.99 Å². The van der Waals surface area contributed by atoms with Gasteiger partial charge in [0.25, 0.3) is 0 Å². The van der Waals surface area contributed by atoms with Crippen molar-refractivity contribution < 1.29 is 9.53 Å². The highest BCUT2D eigenvalue weighted by atomic mass is 32.1. The first-order valence-corrected chi connectivity index (χ1v) is 8.20. The van der Waals surface area contributed by atoms with Gasteiger partial charge in [0, 0.05) is 11.3 Å². The number of hydrogen-bond donors (Lipinski definition) is 3. The summed E-state index contributed by atoms with van der Waals surface area (Å²) in [6, 6.07) is 17.0. The van der Waals surface area contributed by atoms with Gasteiger partial charge >= 0.3 is 6.03 Å². The largest absolute Gasteiger partial charge is 0.467 e. The minimum atomic E-state index is -0.903. The van der Waals surface area contributed by atoms with Gasteiger partial charge in [-0.3, -0.25) is 5.32 Å². The van der Waals surface area contributed by atoms with Crippen molar-refractivity contribution in [3.8, 4) is 5.75 Å². The van der Waals surface area contributed by atoms with Crippen molar-refractivity contribution in [3.63, 3.8) is 0 Å². The highest BCUT2D eigenvalue weighted by Crippen LogP contribution is 2.45. The van der Waals surface area contributed by atoms with Gasteiger partial charge in [0.2, 0.25) is 0 Å². The van der Waals surface area contributed by atoms with Crippen molar-refractivity contribution in [3.05, 3.63) is 60.2 Å². The number of fused-ring (bicyclic) bond motifs is 4. The molecule has 3 atom stereocenters. The number of nitrogens with one attached hydrogen (secondary N) is 3. The van der Waals surface area contributed by atoms with E-state index in [2.05, 4.69) is 16.0 Å². The van der Waals surface area contributed by atoms with Crippen LogP contribution in [0.1, 0.15) is 18.5 Å². The van der Waals surface area contributed by atoms with Gasteiger partial charge < -0.3 is 15.4 Å².